The third kappa shape index (κ3) is 9.32. The molecule has 0 saturated heterocycles. The second-order valence-corrected chi connectivity index (χ2v) is 11.1. The van der Waals surface area contributed by atoms with E-state index in [2.05, 4.69) is 83.7 Å². The predicted molar refractivity (Wildman–Crippen MR) is 145 cm³/mol. The maximum atomic E-state index is 12.3. The smallest absolute Gasteiger partial charge is 0.133 e. The molecule has 2 aromatic carbocycles. The minimum atomic E-state index is 0.0877. The molecule has 0 N–H and O–H groups in total. The van der Waals surface area contributed by atoms with Gasteiger partial charge in [-0.05, 0) is 84.1 Å². The van der Waals surface area contributed by atoms with Crippen molar-refractivity contribution in [3.05, 3.63) is 76.9 Å². The molecule has 1 nitrogen and oxygen atoms in total. The second kappa shape index (κ2) is 12.4. The van der Waals surface area contributed by atoms with Gasteiger partial charge in [-0.3, -0.25) is 4.79 Å². The molecule has 0 spiro atoms. The molecule has 0 unspecified atom stereocenters. The summed E-state index contributed by atoms with van der Waals surface area (Å²) in [5.74, 6) is 1.69. The summed E-state index contributed by atoms with van der Waals surface area (Å²) < 4.78 is 0. The average molecular weight is 447 g/mol. The number of hydrogen-bond donors (Lipinski definition) is 0. The lowest BCUT2D eigenvalue weighted by atomic mass is 9.86. The van der Waals surface area contributed by atoms with Crippen molar-refractivity contribution in [2.75, 3.05) is 0 Å². The van der Waals surface area contributed by atoms with Crippen molar-refractivity contribution < 1.29 is 4.79 Å². The van der Waals surface area contributed by atoms with Gasteiger partial charge < -0.3 is 0 Å². The summed E-state index contributed by atoms with van der Waals surface area (Å²) in [6.07, 6.45) is 7.00. The number of rotatable bonds is 10. The minimum absolute atomic E-state index is 0.0877. The van der Waals surface area contributed by atoms with Crippen molar-refractivity contribution >= 4 is 11.4 Å². The van der Waals surface area contributed by atoms with E-state index in [4.69, 9.17) is 0 Å². The Bertz CT molecular complexity index is 924. The van der Waals surface area contributed by atoms with Crippen molar-refractivity contribution in [2.45, 2.75) is 99.3 Å². The highest BCUT2D eigenvalue weighted by Crippen LogP contribution is 2.40. The van der Waals surface area contributed by atoms with Gasteiger partial charge in [-0.2, -0.15) is 0 Å². The summed E-state index contributed by atoms with van der Waals surface area (Å²) in [7, 11) is 0. The maximum absolute atomic E-state index is 12.3. The van der Waals surface area contributed by atoms with E-state index in [0.717, 1.165) is 30.8 Å². The van der Waals surface area contributed by atoms with Crippen LogP contribution in [-0.4, -0.2) is 5.78 Å². The van der Waals surface area contributed by atoms with E-state index in [9.17, 15) is 4.79 Å². The SMILES string of the molecule is C=C(C)c1ccc(C[C@H](C)CCC(=O)CC(C)(C)C)cc1Cc1cccc(C2CC2)c1.CC. The molecule has 2 aromatic rings. The zero-order valence-corrected chi connectivity index (χ0v) is 22.3. The summed E-state index contributed by atoms with van der Waals surface area (Å²) >= 11 is 0. The summed E-state index contributed by atoms with van der Waals surface area (Å²) in [5.41, 5.74) is 8.12. The largest absolute Gasteiger partial charge is 0.300 e. The summed E-state index contributed by atoms with van der Waals surface area (Å²) in [5, 5.41) is 0. The lowest BCUT2D eigenvalue weighted by Gasteiger charge is -2.18. The van der Waals surface area contributed by atoms with Crippen LogP contribution in [0.1, 0.15) is 114 Å². The fourth-order valence-corrected chi connectivity index (χ4v) is 4.52. The fourth-order valence-electron chi connectivity index (χ4n) is 4.52. The van der Waals surface area contributed by atoms with Crippen molar-refractivity contribution in [2.24, 2.45) is 11.3 Å². The van der Waals surface area contributed by atoms with Crippen molar-refractivity contribution in [1.82, 2.24) is 0 Å². The quantitative estimate of drug-likeness (QED) is 0.355. The predicted octanol–water partition coefficient (Wildman–Crippen LogP) is 9.18. The highest BCUT2D eigenvalue weighted by atomic mass is 16.1. The molecular weight excluding hydrogens is 400 g/mol. The van der Waals surface area contributed by atoms with Crippen LogP contribution in [-0.2, 0) is 17.6 Å². The molecule has 1 atom stereocenters. The zero-order chi connectivity index (χ0) is 24.6. The number of Topliss-reactive ketones (excluding diaryl/α,β-unsaturated/α-hetero) is 1. The molecule has 3 rings (SSSR count). The molecule has 0 heterocycles. The van der Waals surface area contributed by atoms with Crippen LogP contribution in [0, 0.1) is 11.3 Å². The Labute approximate surface area is 203 Å². The van der Waals surface area contributed by atoms with Crippen molar-refractivity contribution in [1.29, 1.82) is 0 Å². The molecular formula is C32H46O. The third-order valence-corrected chi connectivity index (χ3v) is 6.25. The van der Waals surface area contributed by atoms with Crippen LogP contribution >= 0.6 is 0 Å². The monoisotopic (exact) mass is 446 g/mol. The Morgan fingerprint density at radius 3 is 2.36 bits per heavy atom. The van der Waals surface area contributed by atoms with E-state index in [1.807, 2.05) is 13.8 Å². The number of benzene rings is 2. The van der Waals surface area contributed by atoms with Gasteiger partial charge in [0, 0.05) is 12.8 Å². The second-order valence-electron chi connectivity index (χ2n) is 11.1. The molecule has 180 valence electrons. The molecule has 0 radical (unpaired) electrons. The molecule has 33 heavy (non-hydrogen) atoms. The van der Waals surface area contributed by atoms with Gasteiger partial charge in [0.1, 0.15) is 5.78 Å². The molecule has 0 aliphatic heterocycles. The van der Waals surface area contributed by atoms with Crippen molar-refractivity contribution in [3.63, 3.8) is 0 Å². The first-order valence-corrected chi connectivity index (χ1v) is 13.0. The first-order valence-electron chi connectivity index (χ1n) is 13.0. The van der Waals surface area contributed by atoms with E-state index in [1.54, 1.807) is 0 Å². The van der Waals surface area contributed by atoms with Gasteiger partial charge >= 0.3 is 0 Å². The number of carbonyl (C=O) groups excluding carboxylic acids is 1. The van der Waals surface area contributed by atoms with Crippen LogP contribution in [0.2, 0.25) is 0 Å². The molecule has 1 aliphatic rings. The minimum Gasteiger partial charge on any atom is -0.300 e. The van der Waals surface area contributed by atoms with Crippen LogP contribution in [0.4, 0.5) is 0 Å². The Hall–Kier alpha value is -2.15. The fraction of sp³-hybridized carbons (Fsp3) is 0.531. The van der Waals surface area contributed by atoms with E-state index >= 15 is 0 Å². The topological polar surface area (TPSA) is 17.1 Å². The van der Waals surface area contributed by atoms with Gasteiger partial charge in [0.15, 0.2) is 0 Å². The third-order valence-electron chi connectivity index (χ3n) is 6.25. The van der Waals surface area contributed by atoms with Crippen LogP contribution in [0.5, 0.6) is 0 Å². The van der Waals surface area contributed by atoms with Gasteiger partial charge in [-0.1, -0.05) is 96.2 Å². The Balaban J connectivity index is 0.00000187. The molecule has 0 aromatic heterocycles. The standard InChI is InChI=1S/C30H40O.C2H6/c1-21(2)29-15-11-24(16-22(3)10-14-28(31)20-30(4,5)6)19-27(29)18-23-8-7-9-26(17-23)25-12-13-25;1-2/h7-9,11,15,17,19,22,25H,1,10,12-14,16,18,20H2,2-6H3;1-2H3/t22-;/m1./s1. The van der Waals surface area contributed by atoms with E-state index < -0.39 is 0 Å². The van der Waals surface area contributed by atoms with Crippen LogP contribution in [0.25, 0.3) is 5.57 Å². The normalized spacial score (nSPS) is 14.3. The molecule has 0 bridgehead atoms. The lowest BCUT2D eigenvalue weighted by Crippen LogP contribution is -2.14. The number of carbonyl (C=O) groups is 1. The number of hydrogen-bond acceptors (Lipinski definition) is 1. The van der Waals surface area contributed by atoms with Crippen LogP contribution < -0.4 is 0 Å². The van der Waals surface area contributed by atoms with Gasteiger partial charge in [-0.15, -0.1) is 0 Å². The lowest BCUT2D eigenvalue weighted by molar-refractivity contribution is -0.121. The highest BCUT2D eigenvalue weighted by molar-refractivity contribution is 5.78. The molecule has 1 saturated carbocycles. The van der Waals surface area contributed by atoms with Gasteiger partial charge in [0.2, 0.25) is 0 Å². The Kier molecular flexibility index (Phi) is 10.1. The molecule has 1 fully saturated rings. The van der Waals surface area contributed by atoms with Crippen LogP contribution in [0.15, 0.2) is 49.0 Å². The zero-order valence-electron chi connectivity index (χ0n) is 22.3. The van der Waals surface area contributed by atoms with E-state index in [0.29, 0.717) is 24.5 Å². The highest BCUT2D eigenvalue weighted by Gasteiger charge is 2.23. The molecule has 1 heteroatoms. The first-order chi connectivity index (χ1) is 15.6. The molecule has 0 amide bonds. The summed E-state index contributed by atoms with van der Waals surface area (Å²) in [6, 6.07) is 16.0. The number of allylic oxidation sites excluding steroid dienone is 1. The van der Waals surface area contributed by atoms with E-state index in [-0.39, 0.29) is 5.41 Å². The van der Waals surface area contributed by atoms with Gasteiger partial charge in [0.05, 0.1) is 0 Å². The van der Waals surface area contributed by atoms with Gasteiger partial charge in [0.25, 0.3) is 0 Å². The Morgan fingerprint density at radius 1 is 1.06 bits per heavy atom. The first kappa shape index (κ1) is 27.1. The number of ketones is 1. The molecule has 1 aliphatic carbocycles. The van der Waals surface area contributed by atoms with Crippen molar-refractivity contribution in [3.8, 4) is 0 Å². The summed E-state index contributed by atoms with van der Waals surface area (Å²) in [6.45, 7) is 19.0. The summed E-state index contributed by atoms with van der Waals surface area (Å²) in [4.78, 5) is 12.3. The van der Waals surface area contributed by atoms with E-state index in [1.165, 1.54) is 40.7 Å². The average Bonchev–Trinajstić information content (AvgIpc) is 3.58. The Morgan fingerprint density at radius 2 is 1.76 bits per heavy atom. The van der Waals surface area contributed by atoms with Gasteiger partial charge in [-0.25, -0.2) is 0 Å². The maximum Gasteiger partial charge on any atom is 0.133 e. The van der Waals surface area contributed by atoms with Crippen LogP contribution in [0.3, 0.4) is 0 Å².